The number of hydrogen-bond acceptors (Lipinski definition) is 2. The van der Waals surface area contributed by atoms with E-state index in [1.807, 2.05) is 6.92 Å². The van der Waals surface area contributed by atoms with Gasteiger partial charge >= 0.3 is 0 Å². The van der Waals surface area contributed by atoms with Crippen LogP contribution in [0.2, 0.25) is 0 Å². The average Bonchev–Trinajstić information content (AvgIpc) is 2.17. The van der Waals surface area contributed by atoms with Gasteiger partial charge in [0.15, 0.2) is 0 Å². The van der Waals surface area contributed by atoms with Gasteiger partial charge < -0.3 is 9.84 Å². The molecule has 1 N–H and O–H groups in total. The lowest BCUT2D eigenvalue weighted by Crippen LogP contribution is -2.21. The van der Waals surface area contributed by atoms with Crippen LogP contribution in [-0.2, 0) is 4.74 Å². The topological polar surface area (TPSA) is 29.5 Å². The van der Waals surface area contributed by atoms with Crippen molar-refractivity contribution in [2.45, 2.75) is 39.4 Å². The Morgan fingerprint density at radius 1 is 1.58 bits per heavy atom. The van der Waals surface area contributed by atoms with Gasteiger partial charge in [0.1, 0.15) is 18.0 Å². The van der Waals surface area contributed by atoms with E-state index in [4.69, 9.17) is 4.74 Å². The normalized spacial score (nSPS) is 35.8. The zero-order chi connectivity index (χ0) is 9.30. The molecule has 12 heavy (non-hydrogen) atoms. The minimum atomic E-state index is -0.464. The summed E-state index contributed by atoms with van der Waals surface area (Å²) in [5.41, 5.74) is 0. The molecule has 2 heteroatoms. The first-order valence-corrected chi connectivity index (χ1v) is 4.56. The van der Waals surface area contributed by atoms with E-state index in [1.165, 1.54) is 0 Å². The zero-order valence-corrected chi connectivity index (χ0v) is 8.08. The molecule has 0 radical (unpaired) electrons. The van der Waals surface area contributed by atoms with E-state index in [2.05, 4.69) is 20.4 Å². The molecule has 0 unspecified atom stereocenters. The molecule has 0 aromatic carbocycles. The van der Waals surface area contributed by atoms with Crippen LogP contribution in [0.4, 0.5) is 0 Å². The number of rotatable bonds is 2. The molecule has 1 aliphatic rings. The number of ether oxygens (including phenoxy) is 1. The van der Waals surface area contributed by atoms with Gasteiger partial charge in [-0.2, -0.15) is 0 Å². The summed E-state index contributed by atoms with van der Waals surface area (Å²) in [7, 11) is 0. The molecule has 1 heterocycles. The molecule has 1 aliphatic heterocycles. The van der Waals surface area contributed by atoms with Crippen molar-refractivity contribution >= 4 is 0 Å². The summed E-state index contributed by atoms with van der Waals surface area (Å²) in [4.78, 5) is 0. The van der Waals surface area contributed by atoms with Crippen LogP contribution in [0.5, 0.6) is 0 Å². The maximum atomic E-state index is 9.52. The lowest BCUT2D eigenvalue weighted by molar-refractivity contribution is 0.111. The Morgan fingerprint density at radius 2 is 2.17 bits per heavy atom. The summed E-state index contributed by atoms with van der Waals surface area (Å²) >= 11 is 0. The predicted molar refractivity (Wildman–Crippen MR) is 48.6 cm³/mol. The van der Waals surface area contributed by atoms with Gasteiger partial charge in [-0.05, 0) is 12.3 Å². The third-order valence-electron chi connectivity index (χ3n) is 2.42. The molecular formula is C10H18O2. The van der Waals surface area contributed by atoms with Gasteiger partial charge in [-0.1, -0.05) is 27.4 Å². The van der Waals surface area contributed by atoms with Crippen molar-refractivity contribution in [3.8, 4) is 0 Å². The first kappa shape index (κ1) is 9.59. The van der Waals surface area contributed by atoms with Crippen LogP contribution in [0.1, 0.15) is 27.2 Å². The fourth-order valence-corrected chi connectivity index (χ4v) is 1.60. The van der Waals surface area contributed by atoms with Gasteiger partial charge in [-0.25, -0.2) is 0 Å². The fourth-order valence-electron chi connectivity index (χ4n) is 1.60. The molecule has 1 rings (SSSR count). The molecule has 0 aromatic heterocycles. The van der Waals surface area contributed by atoms with Gasteiger partial charge in [0, 0.05) is 5.92 Å². The van der Waals surface area contributed by atoms with Gasteiger partial charge in [-0.3, -0.25) is 0 Å². The Labute approximate surface area is 74.2 Å². The van der Waals surface area contributed by atoms with Crippen molar-refractivity contribution < 1.29 is 9.84 Å². The van der Waals surface area contributed by atoms with E-state index in [-0.39, 0.29) is 12.0 Å². The van der Waals surface area contributed by atoms with Crippen molar-refractivity contribution in [1.82, 2.24) is 0 Å². The van der Waals surface area contributed by atoms with Crippen molar-refractivity contribution in [3.63, 3.8) is 0 Å². The fraction of sp³-hybridized carbons (Fsp3) is 0.800. The summed E-state index contributed by atoms with van der Waals surface area (Å²) in [5, 5.41) is 9.52. The lowest BCUT2D eigenvalue weighted by atomic mass is 9.94. The van der Waals surface area contributed by atoms with E-state index < -0.39 is 6.10 Å². The third-order valence-corrected chi connectivity index (χ3v) is 2.42. The molecular weight excluding hydrogens is 152 g/mol. The first-order chi connectivity index (χ1) is 5.52. The first-order valence-electron chi connectivity index (χ1n) is 4.56. The maximum Gasteiger partial charge on any atom is 0.118 e. The summed E-state index contributed by atoms with van der Waals surface area (Å²) in [6.07, 6.45) is 0.693. The lowest BCUT2D eigenvalue weighted by Gasteiger charge is -2.16. The van der Waals surface area contributed by atoms with Crippen LogP contribution in [-0.4, -0.2) is 17.3 Å². The maximum absolute atomic E-state index is 9.52. The van der Waals surface area contributed by atoms with Crippen molar-refractivity contribution in [2.24, 2.45) is 11.8 Å². The smallest absolute Gasteiger partial charge is 0.118 e. The van der Waals surface area contributed by atoms with Crippen LogP contribution >= 0.6 is 0 Å². The van der Waals surface area contributed by atoms with Crippen molar-refractivity contribution in [1.29, 1.82) is 0 Å². The second-order valence-electron chi connectivity index (χ2n) is 4.06. The Hall–Kier alpha value is -0.500. The summed E-state index contributed by atoms with van der Waals surface area (Å²) in [6, 6.07) is 0. The highest BCUT2D eigenvalue weighted by atomic mass is 16.5. The van der Waals surface area contributed by atoms with Crippen LogP contribution < -0.4 is 0 Å². The second kappa shape index (κ2) is 3.48. The largest absolute Gasteiger partial charge is 0.492 e. The second-order valence-corrected chi connectivity index (χ2v) is 4.06. The molecule has 0 aromatic rings. The molecule has 0 saturated carbocycles. The molecule has 70 valence electrons. The Morgan fingerprint density at radius 3 is 2.50 bits per heavy atom. The SMILES string of the molecule is C=C1O[C@H](CC(C)C)[C@H](C)[C@@H]1O. The molecule has 1 saturated heterocycles. The highest BCUT2D eigenvalue weighted by Crippen LogP contribution is 2.31. The van der Waals surface area contributed by atoms with Gasteiger partial charge in [-0.15, -0.1) is 0 Å². The van der Waals surface area contributed by atoms with Crippen LogP contribution in [0.15, 0.2) is 12.3 Å². The minimum Gasteiger partial charge on any atom is -0.492 e. The van der Waals surface area contributed by atoms with Crippen LogP contribution in [0.3, 0.4) is 0 Å². The number of hydrogen-bond donors (Lipinski definition) is 1. The third kappa shape index (κ3) is 1.81. The quantitative estimate of drug-likeness (QED) is 0.686. The minimum absolute atomic E-state index is 0.160. The van der Waals surface area contributed by atoms with Crippen molar-refractivity contribution in [3.05, 3.63) is 12.3 Å². The van der Waals surface area contributed by atoms with Crippen molar-refractivity contribution in [2.75, 3.05) is 0 Å². The molecule has 3 atom stereocenters. The van der Waals surface area contributed by atoms with Gasteiger partial charge in [0.2, 0.25) is 0 Å². The number of aliphatic hydroxyl groups is 1. The molecule has 0 amide bonds. The molecule has 0 aliphatic carbocycles. The van der Waals surface area contributed by atoms with E-state index >= 15 is 0 Å². The molecule has 1 fully saturated rings. The highest BCUT2D eigenvalue weighted by Gasteiger charge is 2.36. The predicted octanol–water partition coefficient (Wildman–Crippen LogP) is 1.94. The summed E-state index contributed by atoms with van der Waals surface area (Å²) in [6.45, 7) is 9.99. The Bertz CT molecular complexity index is 175. The summed E-state index contributed by atoms with van der Waals surface area (Å²) < 4.78 is 5.45. The zero-order valence-electron chi connectivity index (χ0n) is 8.08. The highest BCUT2D eigenvalue weighted by molar-refractivity contribution is 5.03. The molecule has 0 bridgehead atoms. The van der Waals surface area contributed by atoms with E-state index in [0.29, 0.717) is 11.7 Å². The van der Waals surface area contributed by atoms with E-state index in [0.717, 1.165) is 6.42 Å². The van der Waals surface area contributed by atoms with Gasteiger partial charge in [0.25, 0.3) is 0 Å². The van der Waals surface area contributed by atoms with Crippen LogP contribution in [0.25, 0.3) is 0 Å². The monoisotopic (exact) mass is 170 g/mol. The summed E-state index contributed by atoms with van der Waals surface area (Å²) in [5.74, 6) is 1.34. The van der Waals surface area contributed by atoms with E-state index in [1.54, 1.807) is 0 Å². The average molecular weight is 170 g/mol. The Kier molecular flexibility index (Phi) is 2.78. The number of aliphatic hydroxyl groups excluding tert-OH is 1. The molecule has 0 spiro atoms. The molecule has 2 nitrogen and oxygen atoms in total. The van der Waals surface area contributed by atoms with Crippen LogP contribution in [0, 0.1) is 11.8 Å². The van der Waals surface area contributed by atoms with E-state index in [9.17, 15) is 5.11 Å². The standard InChI is InChI=1S/C10H18O2/c1-6(2)5-9-7(3)10(11)8(4)12-9/h6-7,9-11H,4-5H2,1-3H3/t7-,9+,10-/m0/s1. The van der Waals surface area contributed by atoms with Gasteiger partial charge in [0.05, 0.1) is 0 Å². The Balaban J connectivity index is 2.53.